The number of hydrogen-bond donors (Lipinski definition) is 1. The highest BCUT2D eigenvalue weighted by Crippen LogP contribution is 2.31. The van der Waals surface area contributed by atoms with Crippen LogP contribution in [0.1, 0.15) is 10.4 Å². The van der Waals surface area contributed by atoms with Crippen molar-refractivity contribution < 1.29 is 18.0 Å². The van der Waals surface area contributed by atoms with Crippen LogP contribution in [-0.4, -0.2) is 40.1 Å². The van der Waals surface area contributed by atoms with Crippen LogP contribution < -0.4 is 14.5 Å². The van der Waals surface area contributed by atoms with Crippen molar-refractivity contribution in [3.05, 3.63) is 78.4 Å². The summed E-state index contributed by atoms with van der Waals surface area (Å²) in [6, 6.07) is 20.1. The van der Waals surface area contributed by atoms with E-state index in [1.807, 2.05) is 6.26 Å². The number of hydrogen-bond acceptors (Lipinski definition) is 5. The van der Waals surface area contributed by atoms with Crippen LogP contribution in [0.25, 0.3) is 0 Å². The van der Waals surface area contributed by atoms with Gasteiger partial charge in [0.25, 0.3) is 15.9 Å². The fourth-order valence-corrected chi connectivity index (χ4v) is 5.03. The summed E-state index contributed by atoms with van der Waals surface area (Å²) in [6.07, 6.45) is 1.92. The van der Waals surface area contributed by atoms with E-state index >= 15 is 0 Å². The number of rotatable bonds is 5. The zero-order chi connectivity index (χ0) is 22.9. The highest BCUT2D eigenvalue weighted by atomic mass is 32.2. The van der Waals surface area contributed by atoms with Gasteiger partial charge in [0.2, 0.25) is 5.91 Å². The molecule has 0 unspecified atom stereocenters. The van der Waals surface area contributed by atoms with E-state index in [4.69, 9.17) is 0 Å². The van der Waals surface area contributed by atoms with Crippen molar-refractivity contribution in [2.24, 2.45) is 0 Å². The SMILES string of the molecule is CSc1ccc(S(=O)(=O)N(C)c2ccc(C(=O)N3CC(=O)Nc4ccccc43)cc2)cc1. The molecule has 3 aromatic carbocycles. The molecule has 0 spiro atoms. The van der Waals surface area contributed by atoms with Crippen LogP contribution in [0.3, 0.4) is 0 Å². The minimum Gasteiger partial charge on any atom is -0.323 e. The van der Waals surface area contributed by atoms with Gasteiger partial charge < -0.3 is 5.32 Å². The van der Waals surface area contributed by atoms with Gasteiger partial charge in [-0.15, -0.1) is 11.8 Å². The number of thioether (sulfide) groups is 1. The molecule has 4 rings (SSSR count). The Hall–Kier alpha value is -3.30. The first-order chi connectivity index (χ1) is 15.3. The van der Waals surface area contributed by atoms with E-state index in [1.54, 1.807) is 72.8 Å². The minimum absolute atomic E-state index is 0.0854. The number of benzene rings is 3. The van der Waals surface area contributed by atoms with Crippen molar-refractivity contribution >= 4 is 50.7 Å². The summed E-state index contributed by atoms with van der Waals surface area (Å²) < 4.78 is 27.1. The predicted molar refractivity (Wildman–Crippen MR) is 127 cm³/mol. The van der Waals surface area contributed by atoms with Gasteiger partial charge in [0.1, 0.15) is 6.54 Å². The Balaban J connectivity index is 1.58. The van der Waals surface area contributed by atoms with Crippen molar-refractivity contribution in [1.29, 1.82) is 0 Å². The topological polar surface area (TPSA) is 86.8 Å². The first-order valence-electron chi connectivity index (χ1n) is 9.75. The molecule has 7 nitrogen and oxygen atoms in total. The summed E-state index contributed by atoms with van der Waals surface area (Å²) >= 11 is 1.54. The molecule has 1 heterocycles. The third-order valence-electron chi connectivity index (χ3n) is 5.21. The third-order valence-corrected chi connectivity index (χ3v) is 7.75. The van der Waals surface area contributed by atoms with Crippen LogP contribution in [0.2, 0.25) is 0 Å². The molecule has 0 radical (unpaired) electrons. The lowest BCUT2D eigenvalue weighted by atomic mass is 10.1. The maximum atomic E-state index is 13.1. The van der Waals surface area contributed by atoms with Gasteiger partial charge in [0.15, 0.2) is 0 Å². The molecule has 0 aromatic heterocycles. The van der Waals surface area contributed by atoms with Gasteiger partial charge in [0.05, 0.1) is 22.0 Å². The largest absolute Gasteiger partial charge is 0.323 e. The average molecular weight is 468 g/mol. The summed E-state index contributed by atoms with van der Waals surface area (Å²) in [6.45, 7) is -0.0854. The molecule has 164 valence electrons. The Morgan fingerprint density at radius 2 is 1.66 bits per heavy atom. The molecule has 1 aliphatic rings. The second-order valence-corrected chi connectivity index (χ2v) is 10.0. The molecule has 0 saturated carbocycles. The normalized spacial score (nSPS) is 13.3. The van der Waals surface area contributed by atoms with E-state index in [-0.39, 0.29) is 23.3 Å². The molecule has 0 aliphatic carbocycles. The number of amides is 2. The van der Waals surface area contributed by atoms with Gasteiger partial charge in [-0.1, -0.05) is 12.1 Å². The summed E-state index contributed by atoms with van der Waals surface area (Å²) in [7, 11) is -2.27. The lowest BCUT2D eigenvalue weighted by molar-refractivity contribution is -0.115. The zero-order valence-corrected chi connectivity index (χ0v) is 19.1. The number of carbonyl (C=O) groups is 2. The Morgan fingerprint density at radius 3 is 2.31 bits per heavy atom. The Labute approximate surface area is 191 Å². The van der Waals surface area contributed by atoms with Gasteiger partial charge in [-0.3, -0.25) is 18.8 Å². The molecular weight excluding hydrogens is 446 g/mol. The van der Waals surface area contributed by atoms with Gasteiger partial charge in [0, 0.05) is 17.5 Å². The van der Waals surface area contributed by atoms with E-state index in [9.17, 15) is 18.0 Å². The van der Waals surface area contributed by atoms with Crippen LogP contribution in [0.15, 0.2) is 82.6 Å². The molecule has 32 heavy (non-hydrogen) atoms. The first kappa shape index (κ1) is 21.9. The van der Waals surface area contributed by atoms with Gasteiger partial charge in [-0.05, 0) is 66.9 Å². The first-order valence-corrected chi connectivity index (χ1v) is 12.4. The molecule has 0 atom stereocenters. The minimum atomic E-state index is -3.74. The Kier molecular flexibility index (Phi) is 5.94. The predicted octanol–water partition coefficient (Wildman–Crippen LogP) is 3.83. The lowest BCUT2D eigenvalue weighted by Gasteiger charge is -2.29. The Bertz CT molecular complexity index is 1270. The maximum absolute atomic E-state index is 13.1. The molecular formula is C23H21N3O4S2. The molecule has 1 N–H and O–H groups in total. The number of anilines is 3. The van der Waals surface area contributed by atoms with E-state index in [0.29, 0.717) is 22.6 Å². The fourth-order valence-electron chi connectivity index (χ4n) is 3.43. The van der Waals surface area contributed by atoms with Crippen molar-refractivity contribution in [2.45, 2.75) is 9.79 Å². The smallest absolute Gasteiger partial charge is 0.264 e. The molecule has 3 aromatic rings. The molecule has 0 bridgehead atoms. The van der Waals surface area contributed by atoms with E-state index < -0.39 is 10.0 Å². The fraction of sp³-hybridized carbons (Fsp3) is 0.130. The van der Waals surface area contributed by atoms with Crippen LogP contribution in [0, 0.1) is 0 Å². The molecule has 0 fully saturated rings. The molecule has 9 heteroatoms. The molecule has 0 saturated heterocycles. The van der Waals surface area contributed by atoms with Gasteiger partial charge in [-0.2, -0.15) is 0 Å². The zero-order valence-electron chi connectivity index (χ0n) is 17.5. The Morgan fingerprint density at radius 1 is 1.00 bits per heavy atom. The van der Waals surface area contributed by atoms with Crippen molar-refractivity contribution in [3.8, 4) is 0 Å². The summed E-state index contributed by atoms with van der Waals surface area (Å²) in [5.41, 5.74) is 1.97. The number of nitrogens with zero attached hydrogens (tertiary/aromatic N) is 2. The van der Waals surface area contributed by atoms with Crippen molar-refractivity contribution in [1.82, 2.24) is 0 Å². The number of nitrogens with one attached hydrogen (secondary N) is 1. The van der Waals surface area contributed by atoms with Crippen molar-refractivity contribution in [2.75, 3.05) is 34.4 Å². The quantitative estimate of drug-likeness (QED) is 0.577. The van der Waals surface area contributed by atoms with E-state index in [0.717, 1.165) is 4.90 Å². The lowest BCUT2D eigenvalue weighted by Crippen LogP contribution is -2.42. The number of carbonyl (C=O) groups excluding carboxylic acids is 2. The number of fused-ring (bicyclic) bond motifs is 1. The van der Waals surface area contributed by atoms with E-state index in [1.165, 1.54) is 28.0 Å². The third kappa shape index (κ3) is 4.09. The number of sulfonamides is 1. The van der Waals surface area contributed by atoms with Crippen molar-refractivity contribution in [3.63, 3.8) is 0 Å². The number of para-hydroxylation sites is 2. The van der Waals surface area contributed by atoms with Gasteiger partial charge >= 0.3 is 0 Å². The highest BCUT2D eigenvalue weighted by molar-refractivity contribution is 7.98. The maximum Gasteiger partial charge on any atom is 0.264 e. The highest BCUT2D eigenvalue weighted by Gasteiger charge is 2.28. The molecule has 1 aliphatic heterocycles. The average Bonchev–Trinajstić information content (AvgIpc) is 2.82. The van der Waals surface area contributed by atoms with Crippen LogP contribution in [0.4, 0.5) is 17.1 Å². The van der Waals surface area contributed by atoms with E-state index in [2.05, 4.69) is 5.32 Å². The molecule has 2 amide bonds. The summed E-state index contributed by atoms with van der Waals surface area (Å²) in [5.74, 6) is -0.607. The van der Waals surface area contributed by atoms with Gasteiger partial charge in [-0.25, -0.2) is 8.42 Å². The monoisotopic (exact) mass is 467 g/mol. The standard InChI is InChI=1S/C23H21N3O4S2/c1-25(32(29,30)19-13-11-18(31-2)12-14-19)17-9-7-16(8-10-17)23(28)26-15-22(27)24-20-5-3-4-6-21(20)26/h3-14H,15H2,1-2H3,(H,24,27). The second kappa shape index (κ2) is 8.68. The second-order valence-electron chi connectivity index (χ2n) is 7.15. The van der Waals surface area contributed by atoms with Crippen LogP contribution in [0.5, 0.6) is 0 Å². The van der Waals surface area contributed by atoms with Crippen LogP contribution >= 0.6 is 11.8 Å². The summed E-state index contributed by atoms with van der Waals surface area (Å²) in [4.78, 5) is 27.7. The summed E-state index contributed by atoms with van der Waals surface area (Å²) in [5, 5.41) is 2.75. The van der Waals surface area contributed by atoms with Crippen LogP contribution in [-0.2, 0) is 14.8 Å².